The number of carbonyl (C=O) groups is 1. The Morgan fingerprint density at radius 3 is 2.36 bits per heavy atom. The van der Waals surface area contributed by atoms with Crippen molar-refractivity contribution < 1.29 is 9.63 Å². The molecule has 4 heteroatoms. The maximum atomic E-state index is 11.9. The van der Waals surface area contributed by atoms with Crippen LogP contribution in [0, 0.1) is 20.8 Å². The first-order valence-electron chi connectivity index (χ1n) is 7.14. The number of oxime groups is 1. The summed E-state index contributed by atoms with van der Waals surface area (Å²) >= 11 is 0. The minimum absolute atomic E-state index is 0.115. The average molecular weight is 296 g/mol. The predicted molar refractivity (Wildman–Crippen MR) is 89.3 cm³/mol. The van der Waals surface area contributed by atoms with Crippen molar-refractivity contribution >= 4 is 17.8 Å². The first kappa shape index (κ1) is 15.8. The summed E-state index contributed by atoms with van der Waals surface area (Å²) in [7, 11) is 0. The van der Waals surface area contributed by atoms with Crippen molar-refractivity contribution in [3.63, 3.8) is 0 Å². The van der Waals surface area contributed by atoms with Crippen LogP contribution >= 0.6 is 0 Å². The average Bonchev–Trinajstić information content (AvgIpc) is 2.49. The van der Waals surface area contributed by atoms with Crippen molar-refractivity contribution in [2.45, 2.75) is 20.8 Å². The third-order valence-corrected chi connectivity index (χ3v) is 3.29. The summed E-state index contributed by atoms with van der Waals surface area (Å²) in [6.45, 7) is 5.82. The molecule has 0 radical (unpaired) electrons. The van der Waals surface area contributed by atoms with Gasteiger partial charge in [0.15, 0.2) is 6.61 Å². The van der Waals surface area contributed by atoms with Gasteiger partial charge >= 0.3 is 0 Å². The highest BCUT2D eigenvalue weighted by Crippen LogP contribution is 2.19. The Morgan fingerprint density at radius 2 is 1.73 bits per heavy atom. The lowest BCUT2D eigenvalue weighted by Gasteiger charge is -2.10. The molecule has 0 aliphatic rings. The monoisotopic (exact) mass is 296 g/mol. The number of nitrogens with zero attached hydrogens (tertiary/aromatic N) is 1. The molecule has 22 heavy (non-hydrogen) atoms. The fraction of sp³-hybridized carbons (Fsp3) is 0.222. The van der Waals surface area contributed by atoms with E-state index in [0.717, 1.165) is 22.4 Å². The lowest BCUT2D eigenvalue weighted by molar-refractivity contribution is -0.120. The Morgan fingerprint density at radius 1 is 1.09 bits per heavy atom. The van der Waals surface area contributed by atoms with Gasteiger partial charge in [0.2, 0.25) is 0 Å². The van der Waals surface area contributed by atoms with Crippen LogP contribution in [0.1, 0.15) is 22.3 Å². The molecular formula is C18H20N2O2. The van der Waals surface area contributed by atoms with Gasteiger partial charge in [-0.3, -0.25) is 4.79 Å². The number of nitrogens with one attached hydrogen (secondary N) is 1. The number of benzene rings is 2. The molecule has 2 aromatic carbocycles. The van der Waals surface area contributed by atoms with E-state index in [-0.39, 0.29) is 12.5 Å². The molecule has 0 aliphatic carbocycles. The standard InChI is InChI=1S/C18H20N2O2/c1-13-7-9-16(10-8-13)11-19-22-12-17(21)20-18-14(2)5-4-6-15(18)3/h4-11H,12H2,1-3H3,(H,20,21)/b19-11-. The zero-order valence-corrected chi connectivity index (χ0v) is 13.1. The molecule has 1 amide bonds. The molecule has 0 unspecified atom stereocenters. The summed E-state index contributed by atoms with van der Waals surface area (Å²) in [5, 5.41) is 6.66. The highest BCUT2D eigenvalue weighted by Gasteiger charge is 2.07. The Bertz CT molecular complexity index is 656. The smallest absolute Gasteiger partial charge is 0.265 e. The first-order valence-corrected chi connectivity index (χ1v) is 7.14. The second kappa shape index (κ2) is 7.41. The van der Waals surface area contributed by atoms with Crippen LogP contribution in [0.4, 0.5) is 5.69 Å². The van der Waals surface area contributed by atoms with Crippen LogP contribution in [0.3, 0.4) is 0 Å². The number of hydrogen-bond donors (Lipinski definition) is 1. The molecule has 2 aromatic rings. The summed E-state index contributed by atoms with van der Waals surface area (Å²) in [6, 6.07) is 13.8. The molecule has 0 saturated heterocycles. The van der Waals surface area contributed by atoms with Crippen molar-refractivity contribution in [2.24, 2.45) is 5.16 Å². The molecule has 0 atom stereocenters. The Kier molecular flexibility index (Phi) is 5.31. The van der Waals surface area contributed by atoms with E-state index in [1.54, 1.807) is 6.21 Å². The quantitative estimate of drug-likeness (QED) is 0.677. The second-order valence-corrected chi connectivity index (χ2v) is 5.23. The van der Waals surface area contributed by atoms with Gasteiger partial charge in [-0.05, 0) is 37.5 Å². The third kappa shape index (κ3) is 4.45. The first-order chi connectivity index (χ1) is 10.6. The van der Waals surface area contributed by atoms with Crippen molar-refractivity contribution in [1.29, 1.82) is 0 Å². The number of amides is 1. The highest BCUT2D eigenvalue weighted by atomic mass is 16.6. The summed E-state index contributed by atoms with van der Waals surface area (Å²) in [5.41, 5.74) is 5.00. The summed E-state index contributed by atoms with van der Waals surface area (Å²) in [4.78, 5) is 16.9. The van der Waals surface area contributed by atoms with E-state index in [9.17, 15) is 4.79 Å². The van der Waals surface area contributed by atoms with Gasteiger partial charge in [-0.15, -0.1) is 0 Å². The topological polar surface area (TPSA) is 50.7 Å². The van der Waals surface area contributed by atoms with E-state index < -0.39 is 0 Å². The van der Waals surface area contributed by atoms with E-state index in [4.69, 9.17) is 4.84 Å². The molecule has 0 aromatic heterocycles. The van der Waals surface area contributed by atoms with Crippen molar-refractivity contribution in [3.05, 3.63) is 64.7 Å². The maximum Gasteiger partial charge on any atom is 0.265 e. The van der Waals surface area contributed by atoms with Gasteiger partial charge in [0.05, 0.1) is 6.21 Å². The minimum atomic E-state index is -0.224. The predicted octanol–water partition coefficient (Wildman–Crippen LogP) is 3.60. The highest BCUT2D eigenvalue weighted by molar-refractivity contribution is 5.93. The van der Waals surface area contributed by atoms with Gasteiger partial charge < -0.3 is 10.2 Å². The van der Waals surface area contributed by atoms with E-state index >= 15 is 0 Å². The van der Waals surface area contributed by atoms with Gasteiger partial charge in [0.1, 0.15) is 0 Å². The van der Waals surface area contributed by atoms with Crippen LogP contribution in [0.2, 0.25) is 0 Å². The number of hydrogen-bond acceptors (Lipinski definition) is 3. The molecule has 0 heterocycles. The summed E-state index contributed by atoms with van der Waals surface area (Å²) in [6.07, 6.45) is 1.59. The normalized spacial score (nSPS) is 10.7. The van der Waals surface area contributed by atoms with Crippen LogP contribution in [0.15, 0.2) is 47.6 Å². The van der Waals surface area contributed by atoms with Crippen molar-refractivity contribution in [2.75, 3.05) is 11.9 Å². The summed E-state index contributed by atoms with van der Waals surface area (Å²) in [5.74, 6) is -0.224. The fourth-order valence-electron chi connectivity index (χ4n) is 2.03. The molecule has 0 spiro atoms. The number of para-hydroxylation sites is 1. The molecule has 0 saturated carbocycles. The third-order valence-electron chi connectivity index (χ3n) is 3.29. The molecule has 4 nitrogen and oxygen atoms in total. The van der Waals surface area contributed by atoms with Crippen molar-refractivity contribution in [1.82, 2.24) is 0 Å². The zero-order chi connectivity index (χ0) is 15.9. The van der Waals surface area contributed by atoms with Crippen LogP contribution < -0.4 is 5.32 Å². The van der Waals surface area contributed by atoms with Gasteiger partial charge in [-0.2, -0.15) is 0 Å². The summed E-state index contributed by atoms with van der Waals surface area (Å²) < 4.78 is 0. The number of rotatable bonds is 5. The van der Waals surface area contributed by atoms with Gasteiger partial charge in [-0.25, -0.2) is 0 Å². The Hall–Kier alpha value is -2.62. The maximum absolute atomic E-state index is 11.9. The van der Waals surface area contributed by atoms with E-state index in [0.29, 0.717) is 0 Å². The van der Waals surface area contributed by atoms with Gasteiger partial charge in [-0.1, -0.05) is 53.2 Å². The van der Waals surface area contributed by atoms with E-state index in [2.05, 4.69) is 10.5 Å². The number of carbonyl (C=O) groups excluding carboxylic acids is 1. The fourth-order valence-corrected chi connectivity index (χ4v) is 2.03. The number of aryl methyl sites for hydroxylation is 3. The van der Waals surface area contributed by atoms with E-state index in [1.165, 1.54) is 5.56 Å². The lowest BCUT2D eigenvalue weighted by Crippen LogP contribution is -2.18. The van der Waals surface area contributed by atoms with Gasteiger partial charge in [0.25, 0.3) is 5.91 Å². The van der Waals surface area contributed by atoms with Crippen LogP contribution in [-0.2, 0) is 9.63 Å². The Labute approximate surface area is 130 Å². The molecule has 0 fully saturated rings. The largest absolute Gasteiger partial charge is 0.386 e. The molecular weight excluding hydrogens is 276 g/mol. The zero-order valence-electron chi connectivity index (χ0n) is 13.1. The number of anilines is 1. The SMILES string of the molecule is Cc1ccc(/C=N\OCC(=O)Nc2c(C)cccc2C)cc1. The second-order valence-electron chi connectivity index (χ2n) is 5.23. The molecule has 1 N–H and O–H groups in total. The van der Waals surface area contributed by atoms with Crippen molar-refractivity contribution in [3.8, 4) is 0 Å². The van der Waals surface area contributed by atoms with Crippen LogP contribution in [0.5, 0.6) is 0 Å². The van der Waals surface area contributed by atoms with Crippen LogP contribution in [-0.4, -0.2) is 18.7 Å². The lowest BCUT2D eigenvalue weighted by atomic mass is 10.1. The molecule has 114 valence electrons. The molecule has 2 rings (SSSR count). The van der Waals surface area contributed by atoms with E-state index in [1.807, 2.05) is 63.2 Å². The molecule has 0 bridgehead atoms. The van der Waals surface area contributed by atoms with Gasteiger partial charge in [0, 0.05) is 5.69 Å². The molecule has 0 aliphatic heterocycles. The van der Waals surface area contributed by atoms with Crippen LogP contribution in [0.25, 0.3) is 0 Å². The Balaban J connectivity index is 1.84. The minimum Gasteiger partial charge on any atom is -0.386 e.